The molecule has 0 unspecified atom stereocenters. The van der Waals surface area contributed by atoms with E-state index in [1.165, 1.54) is 12.1 Å². The number of carbonyl (C=O) groups is 1. The van der Waals surface area contributed by atoms with Gasteiger partial charge in [0.1, 0.15) is 11.5 Å². The van der Waals surface area contributed by atoms with Crippen molar-refractivity contribution < 1.29 is 18.0 Å². The number of nitrogens with two attached hydrogens (primary N) is 1. The predicted molar refractivity (Wildman–Crippen MR) is 73.3 cm³/mol. The highest BCUT2D eigenvalue weighted by Crippen LogP contribution is 2.22. The molecule has 4 nitrogen and oxygen atoms in total. The molecule has 0 radical (unpaired) electrons. The Labute approximate surface area is 118 Å². The minimum absolute atomic E-state index is 0.0376. The maximum absolute atomic E-state index is 13.6. The molecule has 4 N–H and O–H groups in total. The summed E-state index contributed by atoms with van der Waals surface area (Å²) in [6, 6.07) is 5.88. The summed E-state index contributed by atoms with van der Waals surface area (Å²) in [6.45, 7) is 1.60. The number of anilines is 2. The topological polar surface area (TPSA) is 67.2 Å². The number of halogens is 3. The molecule has 1 amide bonds. The van der Waals surface area contributed by atoms with Crippen molar-refractivity contribution in [1.29, 1.82) is 0 Å². The van der Waals surface area contributed by atoms with E-state index >= 15 is 0 Å². The second-order valence-corrected chi connectivity index (χ2v) is 4.35. The van der Waals surface area contributed by atoms with Gasteiger partial charge in [-0.15, -0.1) is 0 Å². The van der Waals surface area contributed by atoms with Gasteiger partial charge in [-0.2, -0.15) is 0 Å². The number of benzene rings is 2. The molecule has 2 aromatic rings. The van der Waals surface area contributed by atoms with Gasteiger partial charge in [-0.05, 0) is 30.7 Å². The summed E-state index contributed by atoms with van der Waals surface area (Å²) in [6.07, 6.45) is 0. The molecule has 0 atom stereocenters. The Morgan fingerprint density at radius 1 is 1.05 bits per heavy atom. The van der Waals surface area contributed by atoms with Crippen LogP contribution >= 0.6 is 0 Å². The smallest absolute Gasteiger partial charge is 0.255 e. The Bertz CT molecular complexity index is 661. The standard InChI is InChI=1S/C14H12F3N3O/c1-7-3-2-4-9(15)12(7)19-14(21)8-5-10(16)13(20-18)11(17)6-8/h2-6,20H,18H2,1H3,(H,19,21). The highest BCUT2D eigenvalue weighted by Gasteiger charge is 2.16. The molecule has 0 spiro atoms. The van der Waals surface area contributed by atoms with E-state index in [9.17, 15) is 18.0 Å². The van der Waals surface area contributed by atoms with E-state index in [1.807, 2.05) is 5.43 Å². The number of hydrazine groups is 1. The molecule has 2 rings (SSSR count). The lowest BCUT2D eigenvalue weighted by molar-refractivity contribution is 0.102. The van der Waals surface area contributed by atoms with Crippen LogP contribution in [0.1, 0.15) is 15.9 Å². The zero-order valence-corrected chi connectivity index (χ0v) is 11.0. The minimum atomic E-state index is -1.02. The lowest BCUT2D eigenvalue weighted by Crippen LogP contribution is -2.16. The first kappa shape index (κ1) is 14.9. The molecule has 0 saturated carbocycles. The van der Waals surface area contributed by atoms with Gasteiger partial charge in [-0.25, -0.2) is 13.2 Å². The Morgan fingerprint density at radius 2 is 1.67 bits per heavy atom. The quantitative estimate of drug-likeness (QED) is 0.602. The third-order valence-electron chi connectivity index (χ3n) is 2.91. The molecular formula is C14H12F3N3O. The molecule has 0 aliphatic carbocycles. The fourth-order valence-corrected chi connectivity index (χ4v) is 1.82. The van der Waals surface area contributed by atoms with Crippen molar-refractivity contribution in [3.05, 3.63) is 58.9 Å². The Balaban J connectivity index is 2.33. The van der Waals surface area contributed by atoms with Crippen LogP contribution in [0.5, 0.6) is 0 Å². The van der Waals surface area contributed by atoms with Crippen LogP contribution in [0.25, 0.3) is 0 Å². The second kappa shape index (κ2) is 5.84. The van der Waals surface area contributed by atoms with E-state index in [-0.39, 0.29) is 11.3 Å². The normalized spacial score (nSPS) is 10.3. The molecule has 0 bridgehead atoms. The van der Waals surface area contributed by atoms with E-state index in [1.54, 1.807) is 13.0 Å². The SMILES string of the molecule is Cc1cccc(F)c1NC(=O)c1cc(F)c(NN)c(F)c1. The van der Waals surface area contributed by atoms with Crippen LogP contribution in [0.3, 0.4) is 0 Å². The summed E-state index contributed by atoms with van der Waals surface area (Å²) in [5.41, 5.74) is 1.48. The lowest BCUT2D eigenvalue weighted by Gasteiger charge is -2.11. The summed E-state index contributed by atoms with van der Waals surface area (Å²) in [5, 5.41) is 2.29. The summed E-state index contributed by atoms with van der Waals surface area (Å²) in [7, 11) is 0. The average Bonchev–Trinajstić information content (AvgIpc) is 2.42. The van der Waals surface area contributed by atoms with Crippen molar-refractivity contribution in [3.63, 3.8) is 0 Å². The van der Waals surface area contributed by atoms with Gasteiger partial charge < -0.3 is 10.7 Å². The summed E-state index contributed by atoms with van der Waals surface area (Å²) >= 11 is 0. The molecule has 110 valence electrons. The van der Waals surface area contributed by atoms with E-state index in [4.69, 9.17) is 5.84 Å². The first-order valence-corrected chi connectivity index (χ1v) is 5.96. The monoisotopic (exact) mass is 295 g/mol. The van der Waals surface area contributed by atoms with Crippen molar-refractivity contribution in [1.82, 2.24) is 0 Å². The van der Waals surface area contributed by atoms with Crippen LogP contribution in [0.2, 0.25) is 0 Å². The Kier molecular flexibility index (Phi) is 4.13. The van der Waals surface area contributed by atoms with E-state index < -0.39 is 29.0 Å². The Hall–Kier alpha value is -2.54. The molecule has 0 aliphatic rings. The fourth-order valence-electron chi connectivity index (χ4n) is 1.82. The molecule has 21 heavy (non-hydrogen) atoms. The third-order valence-corrected chi connectivity index (χ3v) is 2.91. The van der Waals surface area contributed by atoms with Crippen molar-refractivity contribution in [2.45, 2.75) is 6.92 Å². The van der Waals surface area contributed by atoms with E-state index in [0.717, 1.165) is 12.1 Å². The fraction of sp³-hybridized carbons (Fsp3) is 0.0714. The number of hydrogen-bond acceptors (Lipinski definition) is 3. The number of hydrogen-bond donors (Lipinski definition) is 3. The summed E-state index contributed by atoms with van der Waals surface area (Å²) in [4.78, 5) is 12.0. The van der Waals surface area contributed by atoms with Crippen molar-refractivity contribution >= 4 is 17.3 Å². The number of aryl methyl sites for hydroxylation is 1. The third kappa shape index (κ3) is 2.97. The molecule has 0 heterocycles. The van der Waals surface area contributed by atoms with Gasteiger partial charge in [0.05, 0.1) is 5.69 Å². The number of para-hydroxylation sites is 1. The van der Waals surface area contributed by atoms with E-state index in [0.29, 0.717) is 5.56 Å². The summed E-state index contributed by atoms with van der Waals surface area (Å²) < 4.78 is 40.7. The number of rotatable bonds is 3. The predicted octanol–water partition coefficient (Wildman–Crippen LogP) is 2.95. The van der Waals surface area contributed by atoms with Crippen LogP contribution in [0.4, 0.5) is 24.5 Å². The van der Waals surface area contributed by atoms with E-state index in [2.05, 4.69) is 5.32 Å². The second-order valence-electron chi connectivity index (χ2n) is 4.35. The van der Waals surface area contributed by atoms with Crippen LogP contribution in [0.15, 0.2) is 30.3 Å². The van der Waals surface area contributed by atoms with Gasteiger partial charge in [0.2, 0.25) is 0 Å². The number of carbonyl (C=O) groups excluding carboxylic acids is 1. The number of nitrogens with one attached hydrogen (secondary N) is 2. The molecule has 0 saturated heterocycles. The lowest BCUT2D eigenvalue weighted by atomic mass is 10.1. The first-order chi connectivity index (χ1) is 9.93. The van der Waals surface area contributed by atoms with Crippen molar-refractivity contribution in [3.8, 4) is 0 Å². The van der Waals surface area contributed by atoms with Crippen LogP contribution in [0, 0.1) is 24.4 Å². The largest absolute Gasteiger partial charge is 0.319 e. The Morgan fingerprint density at radius 3 is 2.19 bits per heavy atom. The number of nitrogen functional groups attached to an aromatic ring is 1. The molecule has 0 aliphatic heterocycles. The highest BCUT2D eigenvalue weighted by atomic mass is 19.1. The van der Waals surface area contributed by atoms with Gasteiger partial charge in [0, 0.05) is 5.56 Å². The van der Waals surface area contributed by atoms with Gasteiger partial charge in [-0.1, -0.05) is 12.1 Å². The zero-order valence-electron chi connectivity index (χ0n) is 11.0. The number of amides is 1. The zero-order chi connectivity index (χ0) is 15.6. The molecule has 7 heteroatoms. The molecule has 0 fully saturated rings. The van der Waals surface area contributed by atoms with Gasteiger partial charge in [0.25, 0.3) is 5.91 Å². The van der Waals surface area contributed by atoms with Gasteiger partial charge >= 0.3 is 0 Å². The van der Waals surface area contributed by atoms with Gasteiger partial charge in [-0.3, -0.25) is 10.6 Å². The molecule has 0 aromatic heterocycles. The molecule has 2 aromatic carbocycles. The van der Waals surface area contributed by atoms with Crippen molar-refractivity contribution in [2.24, 2.45) is 5.84 Å². The van der Waals surface area contributed by atoms with Crippen LogP contribution < -0.4 is 16.6 Å². The first-order valence-electron chi connectivity index (χ1n) is 5.96. The van der Waals surface area contributed by atoms with Crippen LogP contribution in [-0.2, 0) is 0 Å². The average molecular weight is 295 g/mol. The maximum Gasteiger partial charge on any atom is 0.255 e. The summed E-state index contributed by atoms with van der Waals surface area (Å²) in [5.74, 6) is 1.46. The van der Waals surface area contributed by atoms with Crippen LogP contribution in [-0.4, -0.2) is 5.91 Å². The molecular weight excluding hydrogens is 283 g/mol. The maximum atomic E-state index is 13.6. The van der Waals surface area contributed by atoms with Gasteiger partial charge in [0.15, 0.2) is 11.6 Å². The highest BCUT2D eigenvalue weighted by molar-refractivity contribution is 6.05. The van der Waals surface area contributed by atoms with Crippen molar-refractivity contribution in [2.75, 3.05) is 10.7 Å². The minimum Gasteiger partial charge on any atom is -0.319 e.